The van der Waals surface area contributed by atoms with E-state index in [0.717, 1.165) is 37.3 Å². The Bertz CT molecular complexity index is 759. The van der Waals surface area contributed by atoms with Crippen LogP contribution in [0.5, 0.6) is 0 Å². The van der Waals surface area contributed by atoms with Gasteiger partial charge in [-0.2, -0.15) is 0 Å². The van der Waals surface area contributed by atoms with Gasteiger partial charge in [0.25, 0.3) is 0 Å². The molecular weight excluding hydrogens is 296 g/mol. The number of hydrogen-bond acceptors (Lipinski definition) is 7. The first-order chi connectivity index (χ1) is 10.9. The van der Waals surface area contributed by atoms with E-state index in [9.17, 15) is 0 Å². The summed E-state index contributed by atoms with van der Waals surface area (Å²) >= 11 is 1.70. The minimum Gasteiger partial charge on any atom is -0.293 e. The molecule has 0 aliphatic carbocycles. The first-order valence-electron chi connectivity index (χ1n) is 7.08. The summed E-state index contributed by atoms with van der Waals surface area (Å²) in [6.07, 6.45) is 9.82. The SMILES string of the molecule is c1ncc(-c2ncc3c(n2)CCN(Cc2cncs2)C3)cn1. The summed E-state index contributed by atoms with van der Waals surface area (Å²) in [5.74, 6) is 0.704. The fourth-order valence-electron chi connectivity index (χ4n) is 2.60. The zero-order valence-electron chi connectivity index (χ0n) is 11.9. The monoisotopic (exact) mass is 310 g/mol. The molecule has 4 rings (SSSR count). The number of thiazole rings is 1. The van der Waals surface area contributed by atoms with Gasteiger partial charge in [0.2, 0.25) is 0 Å². The normalized spacial score (nSPS) is 14.7. The van der Waals surface area contributed by atoms with Crippen LogP contribution in [0.15, 0.2) is 36.6 Å². The Balaban J connectivity index is 1.54. The van der Waals surface area contributed by atoms with Gasteiger partial charge in [-0.3, -0.25) is 9.88 Å². The quantitative estimate of drug-likeness (QED) is 0.736. The van der Waals surface area contributed by atoms with Crippen LogP contribution in [-0.4, -0.2) is 36.4 Å². The van der Waals surface area contributed by atoms with Gasteiger partial charge in [0.1, 0.15) is 6.33 Å². The van der Waals surface area contributed by atoms with Crippen molar-refractivity contribution in [1.82, 2.24) is 29.8 Å². The van der Waals surface area contributed by atoms with E-state index in [4.69, 9.17) is 0 Å². The lowest BCUT2D eigenvalue weighted by atomic mass is 10.1. The molecule has 0 aromatic carbocycles. The minimum absolute atomic E-state index is 0.704. The third-order valence-corrected chi connectivity index (χ3v) is 4.46. The van der Waals surface area contributed by atoms with Crippen molar-refractivity contribution in [1.29, 1.82) is 0 Å². The first kappa shape index (κ1) is 13.4. The highest BCUT2D eigenvalue weighted by Gasteiger charge is 2.19. The van der Waals surface area contributed by atoms with E-state index in [0.29, 0.717) is 5.82 Å². The van der Waals surface area contributed by atoms with Gasteiger partial charge >= 0.3 is 0 Å². The Morgan fingerprint density at radius 2 is 2.00 bits per heavy atom. The van der Waals surface area contributed by atoms with Crippen molar-refractivity contribution in [3.05, 3.63) is 52.8 Å². The zero-order valence-corrected chi connectivity index (χ0v) is 12.7. The molecule has 110 valence electrons. The topological polar surface area (TPSA) is 67.7 Å². The van der Waals surface area contributed by atoms with Crippen LogP contribution < -0.4 is 0 Å². The molecule has 6 nitrogen and oxygen atoms in total. The maximum absolute atomic E-state index is 4.69. The Hall–Kier alpha value is -2.25. The molecule has 0 radical (unpaired) electrons. The van der Waals surface area contributed by atoms with Crippen LogP contribution >= 0.6 is 11.3 Å². The molecule has 0 N–H and O–H groups in total. The Morgan fingerprint density at radius 1 is 1.09 bits per heavy atom. The van der Waals surface area contributed by atoms with Crippen molar-refractivity contribution in [3.8, 4) is 11.4 Å². The Labute approximate surface area is 131 Å². The fraction of sp³-hybridized carbons (Fsp3) is 0.267. The van der Waals surface area contributed by atoms with Gasteiger partial charge in [0.15, 0.2) is 5.82 Å². The highest BCUT2D eigenvalue weighted by Crippen LogP contribution is 2.22. The second-order valence-electron chi connectivity index (χ2n) is 5.22. The van der Waals surface area contributed by atoms with E-state index in [1.165, 1.54) is 16.8 Å². The summed E-state index contributed by atoms with van der Waals surface area (Å²) in [6.45, 7) is 2.84. The summed E-state index contributed by atoms with van der Waals surface area (Å²) in [5.41, 5.74) is 5.08. The van der Waals surface area contributed by atoms with Crippen LogP contribution in [0.4, 0.5) is 0 Å². The predicted molar refractivity (Wildman–Crippen MR) is 83.0 cm³/mol. The molecule has 0 fully saturated rings. The van der Waals surface area contributed by atoms with Gasteiger partial charge in [-0.1, -0.05) is 0 Å². The van der Waals surface area contributed by atoms with Gasteiger partial charge in [0.05, 0.1) is 16.8 Å². The van der Waals surface area contributed by atoms with Crippen molar-refractivity contribution >= 4 is 11.3 Å². The average Bonchev–Trinajstić information content (AvgIpc) is 3.08. The average molecular weight is 310 g/mol. The number of aromatic nitrogens is 5. The molecule has 1 aliphatic heterocycles. The van der Waals surface area contributed by atoms with E-state index < -0.39 is 0 Å². The molecule has 0 unspecified atom stereocenters. The largest absolute Gasteiger partial charge is 0.293 e. The number of fused-ring (bicyclic) bond motifs is 1. The maximum Gasteiger partial charge on any atom is 0.162 e. The molecule has 3 aromatic heterocycles. The van der Waals surface area contributed by atoms with Crippen LogP contribution in [0.25, 0.3) is 11.4 Å². The zero-order chi connectivity index (χ0) is 14.8. The van der Waals surface area contributed by atoms with Crippen LogP contribution in [0.3, 0.4) is 0 Å². The van der Waals surface area contributed by atoms with E-state index in [-0.39, 0.29) is 0 Å². The van der Waals surface area contributed by atoms with E-state index in [2.05, 4.69) is 29.8 Å². The molecule has 0 spiro atoms. The van der Waals surface area contributed by atoms with Crippen molar-refractivity contribution in [2.45, 2.75) is 19.5 Å². The van der Waals surface area contributed by atoms with E-state index in [1.807, 2.05) is 17.9 Å². The fourth-order valence-corrected chi connectivity index (χ4v) is 3.24. The van der Waals surface area contributed by atoms with Crippen LogP contribution in [-0.2, 0) is 19.5 Å². The van der Waals surface area contributed by atoms with Gasteiger partial charge in [-0.05, 0) is 0 Å². The number of hydrogen-bond donors (Lipinski definition) is 0. The van der Waals surface area contributed by atoms with Crippen molar-refractivity contribution in [2.75, 3.05) is 6.54 Å². The Morgan fingerprint density at radius 3 is 2.82 bits per heavy atom. The molecule has 22 heavy (non-hydrogen) atoms. The summed E-state index contributed by atoms with van der Waals surface area (Å²) in [5, 5.41) is 0. The molecule has 1 aliphatic rings. The summed E-state index contributed by atoms with van der Waals surface area (Å²) < 4.78 is 0. The standard InChI is InChI=1S/C15H14N6S/c1-2-21(8-13-6-18-10-22-13)7-12-5-19-15(20-14(1)12)11-3-16-9-17-4-11/h3-6,9-10H,1-2,7-8H2. The molecule has 0 saturated carbocycles. The second-order valence-corrected chi connectivity index (χ2v) is 6.19. The second kappa shape index (κ2) is 5.86. The maximum atomic E-state index is 4.69. The summed E-state index contributed by atoms with van der Waals surface area (Å²) in [4.78, 5) is 25.0. The first-order valence-corrected chi connectivity index (χ1v) is 7.96. The highest BCUT2D eigenvalue weighted by atomic mass is 32.1. The van der Waals surface area contributed by atoms with Crippen LogP contribution in [0.2, 0.25) is 0 Å². The number of nitrogens with zero attached hydrogens (tertiary/aromatic N) is 6. The lowest BCUT2D eigenvalue weighted by Gasteiger charge is -2.27. The molecule has 0 saturated heterocycles. The smallest absolute Gasteiger partial charge is 0.162 e. The molecule has 0 bridgehead atoms. The van der Waals surface area contributed by atoms with E-state index >= 15 is 0 Å². The van der Waals surface area contributed by atoms with Gasteiger partial charge in [-0.25, -0.2) is 19.9 Å². The third-order valence-electron chi connectivity index (χ3n) is 3.69. The van der Waals surface area contributed by atoms with Gasteiger partial charge < -0.3 is 0 Å². The molecule has 0 amide bonds. The van der Waals surface area contributed by atoms with Crippen molar-refractivity contribution in [2.24, 2.45) is 0 Å². The van der Waals surface area contributed by atoms with Gasteiger partial charge in [-0.15, -0.1) is 11.3 Å². The summed E-state index contributed by atoms with van der Waals surface area (Å²) in [7, 11) is 0. The third kappa shape index (κ3) is 2.72. The molecule has 7 heteroatoms. The van der Waals surface area contributed by atoms with Crippen LogP contribution in [0.1, 0.15) is 16.1 Å². The molecular formula is C15H14N6S. The Kier molecular flexibility index (Phi) is 3.57. The summed E-state index contributed by atoms with van der Waals surface area (Å²) in [6, 6.07) is 0. The highest BCUT2D eigenvalue weighted by molar-refractivity contribution is 7.09. The molecule has 4 heterocycles. The number of rotatable bonds is 3. The molecule has 0 atom stereocenters. The lowest BCUT2D eigenvalue weighted by molar-refractivity contribution is 0.245. The van der Waals surface area contributed by atoms with Gasteiger partial charge in [0, 0.05) is 61.3 Å². The van der Waals surface area contributed by atoms with Crippen molar-refractivity contribution in [3.63, 3.8) is 0 Å². The van der Waals surface area contributed by atoms with E-state index in [1.54, 1.807) is 23.7 Å². The lowest BCUT2D eigenvalue weighted by Crippen LogP contribution is -2.30. The van der Waals surface area contributed by atoms with Crippen LogP contribution in [0, 0.1) is 0 Å². The van der Waals surface area contributed by atoms with Crippen molar-refractivity contribution < 1.29 is 0 Å². The predicted octanol–water partition coefficient (Wildman–Crippen LogP) is 1.95. The minimum atomic E-state index is 0.704. The molecule has 3 aromatic rings.